The number of aromatic nitrogens is 5. The van der Waals surface area contributed by atoms with Crippen LogP contribution in [0.3, 0.4) is 0 Å². The van der Waals surface area contributed by atoms with Crippen molar-refractivity contribution in [2.24, 2.45) is 5.10 Å². The van der Waals surface area contributed by atoms with E-state index in [-0.39, 0.29) is 23.1 Å². The van der Waals surface area contributed by atoms with Crippen LogP contribution in [-0.4, -0.2) is 60.3 Å². The second kappa shape index (κ2) is 8.08. The molecule has 0 spiro atoms. The minimum atomic E-state index is -0.679. The third-order valence-electron chi connectivity index (χ3n) is 4.37. The Bertz CT molecular complexity index is 1090. The lowest BCUT2D eigenvalue weighted by atomic mass is 10.3. The fourth-order valence-electron chi connectivity index (χ4n) is 3.00. The number of amides is 1. The summed E-state index contributed by atoms with van der Waals surface area (Å²) in [6, 6.07) is 2.52. The second-order valence-electron chi connectivity index (χ2n) is 6.39. The number of hydrogen-bond acceptors (Lipinski definition) is 12. The second-order valence-corrected chi connectivity index (χ2v) is 6.39. The number of hydrazone groups is 1. The Labute approximate surface area is 167 Å². The number of nitrogens with zero attached hydrogens (tertiary/aromatic N) is 8. The molecular weight excluding hydrogens is 400 g/mol. The van der Waals surface area contributed by atoms with Gasteiger partial charge in [-0.15, -0.1) is 5.10 Å². The van der Waals surface area contributed by atoms with E-state index in [1.807, 2.05) is 0 Å². The molecule has 0 radical (unpaired) electrons. The zero-order valence-electron chi connectivity index (χ0n) is 15.5. The summed E-state index contributed by atoms with van der Waals surface area (Å²) in [5, 5.41) is 29.6. The van der Waals surface area contributed by atoms with Gasteiger partial charge < -0.3 is 10.2 Å². The average molecular weight is 416 g/mol. The van der Waals surface area contributed by atoms with Crippen molar-refractivity contribution in [2.45, 2.75) is 19.4 Å². The number of furan rings is 1. The van der Waals surface area contributed by atoms with Crippen LogP contribution in [0.1, 0.15) is 34.8 Å². The number of nitrogens with two attached hydrogens (primary N) is 1. The van der Waals surface area contributed by atoms with E-state index in [1.165, 1.54) is 12.1 Å². The fraction of sp³-hybridized carbons (Fsp3) is 0.333. The van der Waals surface area contributed by atoms with Gasteiger partial charge in [0.05, 0.1) is 12.3 Å². The first-order chi connectivity index (χ1) is 14.5. The van der Waals surface area contributed by atoms with E-state index < -0.39 is 16.7 Å². The summed E-state index contributed by atoms with van der Waals surface area (Å²) in [6.07, 6.45) is 3.26. The average Bonchev–Trinajstić information content (AvgIpc) is 3.49. The van der Waals surface area contributed by atoms with E-state index in [1.54, 1.807) is 0 Å². The Balaban J connectivity index is 1.57. The van der Waals surface area contributed by atoms with Crippen LogP contribution in [0.25, 0.3) is 5.82 Å². The summed E-state index contributed by atoms with van der Waals surface area (Å²) in [5.41, 5.74) is 8.51. The maximum Gasteiger partial charge on any atom is 0.433 e. The third-order valence-corrected chi connectivity index (χ3v) is 4.37. The molecule has 1 aliphatic rings. The summed E-state index contributed by atoms with van der Waals surface area (Å²) in [7, 11) is 0. The van der Waals surface area contributed by atoms with Gasteiger partial charge >= 0.3 is 5.88 Å². The standard InChI is InChI=1S/C15H16N10O5/c16-13-14(21-30-20-13)24-12(10(18-22-24)8-23-5-1-2-6-23)15(26)19-17-7-9-3-4-11(29-9)25(27)28/h3-4,7H,1-2,5-6,8H2,(H2,16,20)(H,19,26). The van der Waals surface area contributed by atoms with Crippen molar-refractivity contribution in [3.63, 3.8) is 0 Å². The maximum absolute atomic E-state index is 12.8. The molecule has 1 amide bonds. The molecule has 1 aliphatic heterocycles. The smallest absolute Gasteiger partial charge is 0.400 e. The quantitative estimate of drug-likeness (QED) is 0.301. The molecule has 1 fully saturated rings. The van der Waals surface area contributed by atoms with Crippen molar-refractivity contribution in [2.75, 3.05) is 18.8 Å². The predicted molar refractivity (Wildman–Crippen MR) is 98.6 cm³/mol. The van der Waals surface area contributed by atoms with E-state index in [9.17, 15) is 14.9 Å². The van der Waals surface area contributed by atoms with E-state index in [2.05, 4.69) is 40.7 Å². The minimum absolute atomic E-state index is 0.0194. The van der Waals surface area contributed by atoms with Crippen molar-refractivity contribution in [3.05, 3.63) is 39.4 Å². The van der Waals surface area contributed by atoms with Crippen LogP contribution in [0.4, 0.5) is 11.7 Å². The van der Waals surface area contributed by atoms with Crippen molar-refractivity contribution in [3.8, 4) is 5.82 Å². The monoisotopic (exact) mass is 416 g/mol. The third kappa shape index (κ3) is 3.86. The van der Waals surface area contributed by atoms with Gasteiger partial charge in [-0.25, -0.2) is 10.1 Å². The van der Waals surface area contributed by atoms with Crippen LogP contribution in [0.15, 0.2) is 26.3 Å². The van der Waals surface area contributed by atoms with E-state index in [0.29, 0.717) is 12.2 Å². The normalized spacial score (nSPS) is 14.5. The molecule has 0 aromatic carbocycles. The van der Waals surface area contributed by atoms with Crippen LogP contribution >= 0.6 is 0 Å². The van der Waals surface area contributed by atoms with E-state index in [4.69, 9.17) is 10.2 Å². The van der Waals surface area contributed by atoms with Crippen molar-refractivity contribution >= 4 is 23.8 Å². The lowest BCUT2D eigenvalue weighted by Gasteiger charge is -2.13. The molecule has 3 aromatic heterocycles. The van der Waals surface area contributed by atoms with Crippen LogP contribution < -0.4 is 11.2 Å². The highest BCUT2D eigenvalue weighted by atomic mass is 16.6. The number of anilines is 1. The Kier molecular flexibility index (Phi) is 5.17. The zero-order valence-corrected chi connectivity index (χ0v) is 15.5. The summed E-state index contributed by atoms with van der Waals surface area (Å²) in [4.78, 5) is 24.9. The number of carbonyl (C=O) groups is 1. The van der Waals surface area contributed by atoms with Gasteiger partial charge in [-0.1, -0.05) is 5.21 Å². The highest BCUT2D eigenvalue weighted by Crippen LogP contribution is 2.19. The van der Waals surface area contributed by atoms with Crippen LogP contribution in [0, 0.1) is 10.1 Å². The molecule has 0 bridgehead atoms. The zero-order chi connectivity index (χ0) is 21.1. The highest BCUT2D eigenvalue weighted by Gasteiger charge is 2.26. The topological polar surface area (TPSA) is 197 Å². The van der Waals surface area contributed by atoms with Gasteiger partial charge in [0.25, 0.3) is 5.91 Å². The van der Waals surface area contributed by atoms with Gasteiger partial charge in [0, 0.05) is 6.54 Å². The molecule has 0 aliphatic carbocycles. The van der Waals surface area contributed by atoms with Crippen molar-refractivity contribution in [1.29, 1.82) is 0 Å². The fourth-order valence-corrected chi connectivity index (χ4v) is 3.00. The van der Waals surface area contributed by atoms with E-state index >= 15 is 0 Å². The molecule has 0 unspecified atom stereocenters. The Morgan fingerprint density at radius 3 is 2.83 bits per heavy atom. The number of likely N-dealkylation sites (tertiary alicyclic amines) is 1. The Morgan fingerprint density at radius 1 is 1.37 bits per heavy atom. The number of nitrogens with one attached hydrogen (secondary N) is 1. The highest BCUT2D eigenvalue weighted by molar-refractivity contribution is 5.94. The minimum Gasteiger partial charge on any atom is -0.400 e. The van der Waals surface area contributed by atoms with Gasteiger partial charge in [0.2, 0.25) is 11.6 Å². The lowest BCUT2D eigenvalue weighted by molar-refractivity contribution is -0.402. The lowest BCUT2D eigenvalue weighted by Crippen LogP contribution is -2.26. The SMILES string of the molecule is Nc1nonc1-n1nnc(CN2CCCC2)c1C(=O)NN=Cc1ccc([N+](=O)[O-])o1. The first-order valence-corrected chi connectivity index (χ1v) is 8.86. The van der Waals surface area contributed by atoms with Crippen LogP contribution in [-0.2, 0) is 6.54 Å². The van der Waals surface area contributed by atoms with Gasteiger partial charge in [0.1, 0.15) is 10.6 Å². The van der Waals surface area contributed by atoms with Gasteiger partial charge in [-0.3, -0.25) is 19.8 Å². The molecule has 30 heavy (non-hydrogen) atoms. The summed E-state index contributed by atoms with van der Waals surface area (Å²) < 4.78 is 10.7. The molecular formula is C15H16N10O5. The largest absolute Gasteiger partial charge is 0.433 e. The molecule has 3 aromatic rings. The molecule has 0 saturated carbocycles. The van der Waals surface area contributed by atoms with Crippen molar-refractivity contribution in [1.82, 2.24) is 35.6 Å². The van der Waals surface area contributed by atoms with Gasteiger partial charge in [-0.2, -0.15) is 9.78 Å². The molecule has 15 heteroatoms. The maximum atomic E-state index is 12.8. The number of carbonyl (C=O) groups excluding carboxylic acids is 1. The van der Waals surface area contributed by atoms with Gasteiger partial charge in [0.15, 0.2) is 11.5 Å². The molecule has 4 heterocycles. The first kappa shape index (κ1) is 19.2. The molecule has 4 rings (SSSR count). The number of rotatable bonds is 7. The summed E-state index contributed by atoms with van der Waals surface area (Å²) in [6.45, 7) is 2.18. The van der Waals surface area contributed by atoms with E-state index in [0.717, 1.165) is 36.8 Å². The summed E-state index contributed by atoms with van der Waals surface area (Å²) in [5.74, 6) is -1.03. The van der Waals surface area contributed by atoms with Gasteiger partial charge in [-0.05, 0) is 42.3 Å². The predicted octanol–water partition coefficient (Wildman–Crippen LogP) is 0.0934. The van der Waals surface area contributed by atoms with Crippen LogP contribution in [0.2, 0.25) is 0 Å². The number of hydrogen-bond donors (Lipinski definition) is 2. The molecule has 3 N–H and O–H groups in total. The first-order valence-electron chi connectivity index (χ1n) is 8.86. The molecule has 1 saturated heterocycles. The molecule has 0 atom stereocenters. The van der Waals surface area contributed by atoms with Crippen molar-refractivity contribution < 1.29 is 18.8 Å². The molecule has 15 nitrogen and oxygen atoms in total. The van der Waals surface area contributed by atoms with Crippen LogP contribution in [0.5, 0.6) is 0 Å². The Hall–Kier alpha value is -4.14. The Morgan fingerprint density at radius 2 is 2.17 bits per heavy atom. The molecule has 156 valence electrons. The summed E-state index contributed by atoms with van der Waals surface area (Å²) >= 11 is 0. The number of nitro groups is 1. The number of nitrogen functional groups attached to an aromatic ring is 1.